The number of nitrogens with zero attached hydrogens (tertiary/aromatic N) is 1. The Bertz CT molecular complexity index is 958. The van der Waals surface area contributed by atoms with Crippen molar-refractivity contribution < 1.29 is 22.7 Å². The molecule has 1 N–H and O–H groups in total. The van der Waals surface area contributed by atoms with Crippen molar-refractivity contribution in [2.75, 3.05) is 35.6 Å². The molecule has 0 radical (unpaired) electrons. The maximum absolute atomic E-state index is 12.6. The molecule has 3 rings (SSSR count). The van der Waals surface area contributed by atoms with Crippen molar-refractivity contribution in [2.45, 2.75) is 26.2 Å². The Kier molecular flexibility index (Phi) is 6.64. The standard InChI is InChI=1S/C21H26N2O5S/c1-3-4-13-28-19-11-6-16(15-20(19)27-2)21(24)22-17-7-9-18(10-8-17)23-12-5-14-29(23,25)26/h6-11,15H,3-5,12-14H2,1-2H3,(H,22,24). The smallest absolute Gasteiger partial charge is 0.255 e. The predicted octanol–water partition coefficient (Wildman–Crippen LogP) is 3.67. The van der Waals surface area contributed by atoms with Crippen molar-refractivity contribution in [2.24, 2.45) is 0 Å². The topological polar surface area (TPSA) is 84.9 Å². The van der Waals surface area contributed by atoms with Crippen molar-refractivity contribution in [3.63, 3.8) is 0 Å². The SMILES string of the molecule is CCCCOc1ccc(C(=O)Nc2ccc(N3CCCS3(=O)=O)cc2)cc1OC. The first-order valence-corrected chi connectivity index (χ1v) is 11.3. The fourth-order valence-corrected chi connectivity index (χ4v) is 4.66. The first-order valence-electron chi connectivity index (χ1n) is 9.67. The summed E-state index contributed by atoms with van der Waals surface area (Å²) in [6, 6.07) is 11.8. The molecule has 1 fully saturated rings. The van der Waals surface area contributed by atoms with Gasteiger partial charge >= 0.3 is 0 Å². The van der Waals surface area contributed by atoms with Gasteiger partial charge in [-0.05, 0) is 55.3 Å². The first kappa shape index (κ1) is 21.0. The van der Waals surface area contributed by atoms with Crippen LogP contribution in [0.1, 0.15) is 36.5 Å². The van der Waals surface area contributed by atoms with Crippen LogP contribution in [0.3, 0.4) is 0 Å². The summed E-state index contributed by atoms with van der Waals surface area (Å²) in [5.74, 6) is 0.993. The van der Waals surface area contributed by atoms with Crippen LogP contribution in [0.25, 0.3) is 0 Å². The summed E-state index contributed by atoms with van der Waals surface area (Å²) >= 11 is 0. The van der Waals surface area contributed by atoms with Crippen LogP contribution in [0.2, 0.25) is 0 Å². The first-order chi connectivity index (χ1) is 13.9. The predicted molar refractivity (Wildman–Crippen MR) is 114 cm³/mol. The highest BCUT2D eigenvalue weighted by Gasteiger charge is 2.28. The van der Waals surface area contributed by atoms with E-state index in [1.165, 1.54) is 11.4 Å². The summed E-state index contributed by atoms with van der Waals surface area (Å²) in [6.45, 7) is 3.17. The summed E-state index contributed by atoms with van der Waals surface area (Å²) in [5.41, 5.74) is 1.63. The van der Waals surface area contributed by atoms with Crippen LogP contribution in [-0.4, -0.2) is 40.3 Å². The van der Waals surface area contributed by atoms with Gasteiger partial charge in [-0.15, -0.1) is 0 Å². The number of hydrogen-bond acceptors (Lipinski definition) is 5. The van der Waals surface area contributed by atoms with Crippen molar-refractivity contribution >= 4 is 27.3 Å². The van der Waals surface area contributed by atoms with Crippen LogP contribution in [0, 0.1) is 0 Å². The molecular formula is C21H26N2O5S. The molecule has 29 heavy (non-hydrogen) atoms. The molecule has 2 aromatic rings. The molecule has 0 saturated carbocycles. The van der Waals surface area contributed by atoms with Gasteiger partial charge in [-0.25, -0.2) is 8.42 Å². The summed E-state index contributed by atoms with van der Waals surface area (Å²) < 4.78 is 36.5. The summed E-state index contributed by atoms with van der Waals surface area (Å²) in [7, 11) is -1.68. The lowest BCUT2D eigenvalue weighted by Gasteiger charge is -2.17. The molecule has 1 heterocycles. The molecule has 0 unspecified atom stereocenters. The highest BCUT2D eigenvalue weighted by Crippen LogP contribution is 2.29. The summed E-state index contributed by atoms with van der Waals surface area (Å²) in [5, 5.41) is 2.82. The number of nitrogens with one attached hydrogen (secondary N) is 1. The molecule has 1 amide bonds. The molecule has 7 nitrogen and oxygen atoms in total. The van der Waals surface area contributed by atoms with E-state index in [1.54, 1.807) is 42.5 Å². The summed E-state index contributed by atoms with van der Waals surface area (Å²) in [6.07, 6.45) is 2.60. The lowest BCUT2D eigenvalue weighted by atomic mass is 10.1. The second-order valence-electron chi connectivity index (χ2n) is 6.81. The van der Waals surface area contributed by atoms with Gasteiger partial charge < -0.3 is 14.8 Å². The second-order valence-corrected chi connectivity index (χ2v) is 8.82. The van der Waals surface area contributed by atoms with Crippen LogP contribution in [-0.2, 0) is 10.0 Å². The van der Waals surface area contributed by atoms with E-state index in [4.69, 9.17) is 9.47 Å². The van der Waals surface area contributed by atoms with E-state index in [0.29, 0.717) is 48.0 Å². The quantitative estimate of drug-likeness (QED) is 0.661. The Labute approximate surface area is 171 Å². The van der Waals surface area contributed by atoms with Gasteiger partial charge in [-0.2, -0.15) is 0 Å². The average molecular weight is 419 g/mol. The second kappa shape index (κ2) is 9.17. The van der Waals surface area contributed by atoms with E-state index in [1.807, 2.05) is 0 Å². The molecule has 156 valence electrons. The van der Waals surface area contributed by atoms with Gasteiger partial charge in [0.15, 0.2) is 11.5 Å². The number of amides is 1. The van der Waals surface area contributed by atoms with Gasteiger partial charge in [-0.1, -0.05) is 13.3 Å². The van der Waals surface area contributed by atoms with Gasteiger partial charge in [-0.3, -0.25) is 9.10 Å². The fraction of sp³-hybridized carbons (Fsp3) is 0.381. The fourth-order valence-electron chi connectivity index (χ4n) is 3.10. The molecule has 0 aliphatic carbocycles. The lowest BCUT2D eigenvalue weighted by molar-refractivity contribution is 0.102. The van der Waals surface area contributed by atoms with E-state index in [9.17, 15) is 13.2 Å². The highest BCUT2D eigenvalue weighted by molar-refractivity contribution is 7.93. The van der Waals surface area contributed by atoms with Gasteiger partial charge in [0.05, 0.1) is 25.2 Å². The number of carbonyl (C=O) groups is 1. The molecule has 1 aliphatic heterocycles. The van der Waals surface area contributed by atoms with Crippen molar-refractivity contribution in [3.05, 3.63) is 48.0 Å². The maximum Gasteiger partial charge on any atom is 0.255 e. The average Bonchev–Trinajstić information content (AvgIpc) is 3.08. The maximum atomic E-state index is 12.6. The van der Waals surface area contributed by atoms with E-state index < -0.39 is 10.0 Å². The van der Waals surface area contributed by atoms with E-state index in [-0.39, 0.29) is 11.7 Å². The zero-order valence-electron chi connectivity index (χ0n) is 16.7. The highest BCUT2D eigenvalue weighted by atomic mass is 32.2. The molecule has 0 bridgehead atoms. The Morgan fingerprint density at radius 3 is 2.52 bits per heavy atom. The number of sulfonamides is 1. The Morgan fingerprint density at radius 2 is 1.90 bits per heavy atom. The zero-order chi connectivity index (χ0) is 20.9. The van der Waals surface area contributed by atoms with Gasteiger partial charge in [0.1, 0.15) is 0 Å². The molecule has 8 heteroatoms. The van der Waals surface area contributed by atoms with Crippen LogP contribution in [0.4, 0.5) is 11.4 Å². The third kappa shape index (κ3) is 5.00. The minimum Gasteiger partial charge on any atom is -0.493 e. The number of anilines is 2. The molecule has 0 atom stereocenters. The Balaban J connectivity index is 1.68. The number of benzene rings is 2. The van der Waals surface area contributed by atoms with Crippen LogP contribution in [0.5, 0.6) is 11.5 Å². The Morgan fingerprint density at radius 1 is 1.14 bits per heavy atom. The molecule has 0 spiro atoms. The largest absolute Gasteiger partial charge is 0.493 e. The van der Waals surface area contributed by atoms with Crippen LogP contribution >= 0.6 is 0 Å². The van der Waals surface area contributed by atoms with E-state index >= 15 is 0 Å². The number of hydrogen-bond donors (Lipinski definition) is 1. The number of ether oxygens (including phenoxy) is 2. The molecule has 1 aliphatic rings. The van der Waals surface area contributed by atoms with Crippen molar-refractivity contribution in [3.8, 4) is 11.5 Å². The molecule has 1 saturated heterocycles. The molecular weight excluding hydrogens is 392 g/mol. The van der Waals surface area contributed by atoms with E-state index in [2.05, 4.69) is 12.2 Å². The number of methoxy groups -OCH3 is 1. The normalized spacial score (nSPS) is 15.2. The van der Waals surface area contributed by atoms with Gasteiger partial charge in [0.25, 0.3) is 5.91 Å². The monoisotopic (exact) mass is 418 g/mol. The van der Waals surface area contributed by atoms with Crippen molar-refractivity contribution in [1.82, 2.24) is 0 Å². The summed E-state index contributed by atoms with van der Waals surface area (Å²) in [4.78, 5) is 12.6. The third-order valence-electron chi connectivity index (χ3n) is 4.69. The number of unbranched alkanes of at least 4 members (excludes halogenated alkanes) is 1. The zero-order valence-corrected chi connectivity index (χ0v) is 17.5. The third-order valence-corrected chi connectivity index (χ3v) is 6.56. The van der Waals surface area contributed by atoms with Gasteiger partial charge in [0, 0.05) is 17.8 Å². The Hall–Kier alpha value is -2.74. The molecule has 2 aromatic carbocycles. The number of rotatable bonds is 8. The molecule has 0 aromatic heterocycles. The van der Waals surface area contributed by atoms with Crippen LogP contribution in [0.15, 0.2) is 42.5 Å². The van der Waals surface area contributed by atoms with E-state index in [0.717, 1.165) is 12.8 Å². The van der Waals surface area contributed by atoms with Crippen LogP contribution < -0.4 is 19.1 Å². The van der Waals surface area contributed by atoms with Gasteiger partial charge in [0.2, 0.25) is 10.0 Å². The lowest BCUT2D eigenvalue weighted by Crippen LogP contribution is -2.24. The minimum atomic E-state index is -3.22. The van der Waals surface area contributed by atoms with Crippen molar-refractivity contribution in [1.29, 1.82) is 0 Å². The number of carbonyl (C=O) groups excluding carboxylic acids is 1. The minimum absolute atomic E-state index is 0.172.